The number of halogens is 6. The van der Waals surface area contributed by atoms with E-state index in [1.165, 1.54) is 0 Å². The van der Waals surface area contributed by atoms with Crippen LogP contribution in [0.15, 0.2) is 36.9 Å². The zero-order valence-corrected chi connectivity index (χ0v) is 13.6. The number of rotatable bonds is 3. The lowest BCUT2D eigenvalue weighted by molar-refractivity contribution is -0.143. The number of carbonyl (C=O) groups is 1. The highest BCUT2D eigenvalue weighted by molar-refractivity contribution is 5.90. The van der Waals surface area contributed by atoms with Crippen LogP contribution in [-0.4, -0.2) is 16.0 Å². The molecule has 0 radical (unpaired) electrons. The van der Waals surface area contributed by atoms with E-state index in [0.29, 0.717) is 12.1 Å². The van der Waals surface area contributed by atoms with Gasteiger partial charge in [0.05, 0.1) is 17.3 Å². The first-order chi connectivity index (χ1) is 13.0. The van der Waals surface area contributed by atoms with Crippen LogP contribution in [0.2, 0.25) is 0 Å². The number of nitrogens with one attached hydrogen (secondary N) is 2. The summed E-state index contributed by atoms with van der Waals surface area (Å²) in [7, 11) is 0. The minimum absolute atomic E-state index is 0.00396. The van der Waals surface area contributed by atoms with Gasteiger partial charge in [-0.15, -0.1) is 0 Å². The highest BCUT2D eigenvalue weighted by atomic mass is 19.4. The van der Waals surface area contributed by atoms with Crippen LogP contribution in [0.1, 0.15) is 22.3 Å². The van der Waals surface area contributed by atoms with Crippen LogP contribution in [-0.2, 0) is 12.4 Å². The number of urea groups is 1. The number of amides is 2. The molecule has 28 heavy (non-hydrogen) atoms. The molecule has 0 atom stereocenters. The molecule has 12 heteroatoms. The van der Waals surface area contributed by atoms with Crippen molar-refractivity contribution < 1.29 is 31.1 Å². The second-order valence-corrected chi connectivity index (χ2v) is 5.17. The highest BCUT2D eigenvalue weighted by Gasteiger charge is 2.36. The Morgan fingerprint density at radius 1 is 1.07 bits per heavy atom. The van der Waals surface area contributed by atoms with E-state index < -0.39 is 35.1 Å². The Morgan fingerprint density at radius 3 is 2.21 bits per heavy atom. The van der Waals surface area contributed by atoms with Crippen LogP contribution in [0.3, 0.4) is 0 Å². The third-order valence-electron chi connectivity index (χ3n) is 3.16. The van der Waals surface area contributed by atoms with Crippen molar-refractivity contribution in [1.29, 1.82) is 5.26 Å². The Hall–Kier alpha value is -3.62. The molecule has 2 rings (SSSR count). The fourth-order valence-electron chi connectivity index (χ4n) is 1.94. The number of hydrogen-bond donors (Lipinski definition) is 2. The van der Waals surface area contributed by atoms with Gasteiger partial charge in [0.25, 0.3) is 0 Å². The van der Waals surface area contributed by atoms with Gasteiger partial charge in [0.2, 0.25) is 0 Å². The summed E-state index contributed by atoms with van der Waals surface area (Å²) in [6.45, 7) is 0. The average Bonchev–Trinajstić information content (AvgIpc) is 2.60. The molecule has 146 valence electrons. The first-order valence-electron chi connectivity index (χ1n) is 7.24. The van der Waals surface area contributed by atoms with Gasteiger partial charge in [0.15, 0.2) is 5.82 Å². The maximum absolute atomic E-state index is 12.8. The van der Waals surface area contributed by atoms with Gasteiger partial charge in [-0.2, -0.15) is 31.6 Å². The monoisotopic (exact) mass is 401 g/mol. The van der Waals surface area contributed by atoms with E-state index in [4.69, 9.17) is 5.26 Å². The predicted octanol–water partition coefficient (Wildman–Crippen LogP) is 4.18. The zero-order chi connectivity index (χ0) is 20.9. The first kappa shape index (κ1) is 20.7. The molecule has 0 aliphatic heterocycles. The molecule has 0 spiro atoms. The van der Waals surface area contributed by atoms with E-state index in [1.807, 2.05) is 0 Å². The van der Waals surface area contributed by atoms with Crippen LogP contribution in [0, 0.1) is 11.3 Å². The number of alkyl halides is 6. The molecule has 1 aromatic carbocycles. The van der Waals surface area contributed by atoms with Gasteiger partial charge >= 0.3 is 18.4 Å². The fourth-order valence-corrected chi connectivity index (χ4v) is 1.94. The van der Waals surface area contributed by atoms with Crippen molar-refractivity contribution >= 4 is 17.9 Å². The van der Waals surface area contributed by atoms with Gasteiger partial charge in [-0.3, -0.25) is 5.32 Å². The Bertz CT molecular complexity index is 914. The minimum Gasteiger partial charge on any atom is -0.314 e. The van der Waals surface area contributed by atoms with Gasteiger partial charge in [0, 0.05) is 6.20 Å². The van der Waals surface area contributed by atoms with Crippen LogP contribution >= 0.6 is 0 Å². The largest absolute Gasteiger partial charge is 0.416 e. The summed E-state index contributed by atoms with van der Waals surface area (Å²) in [4.78, 5) is 19.0. The summed E-state index contributed by atoms with van der Waals surface area (Å²) in [5.41, 5.74) is -3.44. The average molecular weight is 401 g/mol. The molecule has 0 aliphatic carbocycles. The van der Waals surface area contributed by atoms with Gasteiger partial charge < -0.3 is 5.32 Å². The molecule has 2 aromatic rings. The van der Waals surface area contributed by atoms with Crippen molar-refractivity contribution in [3.05, 3.63) is 59.2 Å². The maximum atomic E-state index is 12.8. The normalized spacial score (nSPS) is 11.9. The number of anilines is 1. The molecule has 1 heterocycles. The number of hydrogen-bond acceptors (Lipinski definition) is 4. The zero-order valence-electron chi connectivity index (χ0n) is 13.6. The second-order valence-electron chi connectivity index (χ2n) is 5.17. The van der Waals surface area contributed by atoms with E-state index in [0.717, 1.165) is 24.8 Å². The third kappa shape index (κ3) is 5.44. The molecule has 0 bridgehead atoms. The summed E-state index contributed by atoms with van der Waals surface area (Å²) in [5, 5.41) is 13.1. The van der Waals surface area contributed by atoms with E-state index in [9.17, 15) is 31.1 Å². The fraction of sp³-hybridized carbons (Fsp3) is 0.125. The smallest absolute Gasteiger partial charge is 0.314 e. The molecule has 2 N–H and O–H groups in total. The topological polar surface area (TPSA) is 90.7 Å². The summed E-state index contributed by atoms with van der Waals surface area (Å²) < 4.78 is 76.7. The Balaban J connectivity index is 2.17. The van der Waals surface area contributed by atoms with Crippen LogP contribution in [0.5, 0.6) is 0 Å². The summed E-state index contributed by atoms with van der Waals surface area (Å²) >= 11 is 0. The quantitative estimate of drug-likeness (QED) is 0.755. The lowest BCUT2D eigenvalue weighted by Crippen LogP contribution is -2.24. The molecule has 0 unspecified atom stereocenters. The van der Waals surface area contributed by atoms with Gasteiger partial charge in [-0.1, -0.05) is 0 Å². The molecular formula is C16H9F6N5O. The van der Waals surface area contributed by atoms with Crippen molar-refractivity contribution in [1.82, 2.24) is 15.3 Å². The summed E-state index contributed by atoms with van der Waals surface area (Å²) in [5.74, 6) is -0.123. The van der Waals surface area contributed by atoms with Crippen molar-refractivity contribution in [3.8, 4) is 6.07 Å². The van der Waals surface area contributed by atoms with Crippen molar-refractivity contribution in [2.75, 3.05) is 5.32 Å². The molecule has 0 fully saturated rings. The molecular weight excluding hydrogens is 392 g/mol. The summed E-state index contributed by atoms with van der Waals surface area (Å²) in [6, 6.07) is 1.81. The van der Waals surface area contributed by atoms with Gasteiger partial charge in [0.1, 0.15) is 18.0 Å². The van der Waals surface area contributed by atoms with Crippen molar-refractivity contribution in [2.24, 2.45) is 0 Å². The molecule has 0 saturated heterocycles. The van der Waals surface area contributed by atoms with E-state index >= 15 is 0 Å². The standard InChI is InChI=1S/C16H9F6N5O/c17-15(18,19)11-3-9(4-12(5-11)16(20,21)22)1-2-25-14(28)27-13-10(6-23)7-24-8-26-13/h1-5,7-8H,(H2,24,25,26,27,28)/b2-1+. The molecule has 6 nitrogen and oxygen atoms in total. The molecule has 2 amide bonds. The van der Waals surface area contributed by atoms with E-state index in [2.05, 4.69) is 20.6 Å². The van der Waals surface area contributed by atoms with Gasteiger partial charge in [-0.25, -0.2) is 14.8 Å². The number of nitriles is 1. The number of carbonyl (C=O) groups excluding carboxylic acids is 1. The molecule has 1 aromatic heterocycles. The van der Waals surface area contributed by atoms with Crippen molar-refractivity contribution in [2.45, 2.75) is 12.4 Å². The Labute approximate surface area is 153 Å². The van der Waals surface area contributed by atoms with Gasteiger partial charge in [-0.05, 0) is 29.8 Å². The van der Waals surface area contributed by atoms with E-state index in [1.54, 1.807) is 6.07 Å². The first-order valence-corrected chi connectivity index (χ1v) is 7.24. The Morgan fingerprint density at radius 2 is 1.68 bits per heavy atom. The molecule has 0 saturated carbocycles. The molecule has 0 aliphatic rings. The minimum atomic E-state index is -4.98. The maximum Gasteiger partial charge on any atom is 0.416 e. The second kappa shape index (κ2) is 7.95. The Kier molecular flexibility index (Phi) is 5.87. The SMILES string of the molecule is N#Cc1cncnc1NC(=O)N/C=C/c1cc(C(F)(F)F)cc(C(F)(F)F)c1. The summed E-state index contributed by atoms with van der Waals surface area (Å²) in [6.07, 6.45) is -6.05. The highest BCUT2D eigenvalue weighted by Crippen LogP contribution is 2.36. The number of aromatic nitrogens is 2. The van der Waals surface area contributed by atoms with Crippen molar-refractivity contribution in [3.63, 3.8) is 0 Å². The lowest BCUT2D eigenvalue weighted by atomic mass is 10.0. The number of benzene rings is 1. The van der Waals surface area contributed by atoms with Crippen LogP contribution in [0.25, 0.3) is 6.08 Å². The predicted molar refractivity (Wildman–Crippen MR) is 84.4 cm³/mol. The third-order valence-corrected chi connectivity index (χ3v) is 3.16. The number of nitrogens with zero attached hydrogens (tertiary/aromatic N) is 3. The van der Waals surface area contributed by atoms with Crippen LogP contribution < -0.4 is 10.6 Å². The lowest BCUT2D eigenvalue weighted by Gasteiger charge is -2.13. The van der Waals surface area contributed by atoms with E-state index in [-0.39, 0.29) is 17.4 Å². The van der Waals surface area contributed by atoms with Crippen LogP contribution in [0.4, 0.5) is 37.0 Å².